The normalized spacial score (nSPS) is 15.6. The van der Waals surface area contributed by atoms with Crippen molar-refractivity contribution >= 4 is 61.6 Å². The van der Waals surface area contributed by atoms with E-state index in [0.29, 0.717) is 10.5 Å². The highest BCUT2D eigenvalue weighted by molar-refractivity contribution is 6.90. The minimum atomic E-state index is -2.42. The van der Waals surface area contributed by atoms with Crippen LogP contribution in [0.5, 0.6) is 0 Å². The van der Waals surface area contributed by atoms with E-state index in [2.05, 4.69) is 85.1 Å². The average Bonchev–Trinajstić information content (AvgIpc) is 2.16. The highest BCUT2D eigenvalue weighted by atomic mass is 28.5. The molecule has 0 amide bonds. The van der Waals surface area contributed by atoms with Gasteiger partial charge in [-0.05, 0) is 85.1 Å². The fraction of sp³-hybridized carbons (Fsp3) is 1.00. The molecule has 0 saturated carbocycles. The first-order chi connectivity index (χ1) is 11.1. The van der Waals surface area contributed by atoms with Crippen molar-refractivity contribution in [3.63, 3.8) is 0 Å². The Bertz CT molecular complexity index is 462. The Morgan fingerprint density at radius 2 is 0.615 bits per heavy atom. The molecule has 0 aliphatic heterocycles. The van der Waals surface area contributed by atoms with E-state index in [1.165, 1.54) is 0 Å². The standard InChI is InChI=1S/C13H42O6Si7/c1-21(2,3)15-23(6,7)17-25(10,11)19-26(12,13)18-24(8,9)16-22(4,5)14-20/h1-13,20H3. The second-order valence-electron chi connectivity index (χ2n) is 9.83. The van der Waals surface area contributed by atoms with Gasteiger partial charge in [-0.25, -0.2) is 0 Å². The Kier molecular flexibility index (Phi) is 9.41. The van der Waals surface area contributed by atoms with Gasteiger partial charge in [-0.2, -0.15) is 0 Å². The first-order valence-electron chi connectivity index (χ1n) is 9.15. The lowest BCUT2D eigenvalue weighted by molar-refractivity contribution is 0.274. The molecule has 0 bridgehead atoms. The molecule has 0 aromatic rings. The molecule has 0 aliphatic rings. The summed E-state index contributed by atoms with van der Waals surface area (Å²) >= 11 is 0. The Hall–Kier alpha value is 1.28. The van der Waals surface area contributed by atoms with E-state index in [9.17, 15) is 0 Å². The molecule has 0 atom stereocenters. The van der Waals surface area contributed by atoms with Gasteiger partial charge < -0.3 is 24.7 Å². The van der Waals surface area contributed by atoms with Crippen molar-refractivity contribution in [2.45, 2.75) is 85.1 Å². The Morgan fingerprint density at radius 3 is 0.846 bits per heavy atom. The minimum absolute atomic E-state index is 0.682. The highest BCUT2D eigenvalue weighted by Crippen LogP contribution is 2.27. The third kappa shape index (κ3) is 12.7. The summed E-state index contributed by atoms with van der Waals surface area (Å²) < 4.78 is 37.7. The predicted octanol–water partition coefficient (Wildman–Crippen LogP) is 3.71. The monoisotopic (exact) mass is 490 g/mol. The van der Waals surface area contributed by atoms with Crippen LogP contribution in [-0.2, 0) is 24.7 Å². The quantitative estimate of drug-likeness (QED) is 0.411. The molecule has 0 unspecified atom stereocenters. The molecule has 6 nitrogen and oxygen atoms in total. The highest BCUT2D eigenvalue weighted by Gasteiger charge is 2.46. The van der Waals surface area contributed by atoms with Crippen molar-refractivity contribution in [2.24, 2.45) is 0 Å². The predicted molar refractivity (Wildman–Crippen MR) is 127 cm³/mol. The van der Waals surface area contributed by atoms with E-state index < -0.39 is 51.1 Å². The van der Waals surface area contributed by atoms with E-state index in [0.717, 1.165) is 0 Å². The van der Waals surface area contributed by atoms with Crippen LogP contribution in [-0.4, -0.2) is 61.6 Å². The number of hydrogen-bond donors (Lipinski definition) is 0. The third-order valence-electron chi connectivity index (χ3n) is 3.01. The summed E-state index contributed by atoms with van der Waals surface area (Å²) in [6.45, 7) is 27.4. The van der Waals surface area contributed by atoms with E-state index in [4.69, 9.17) is 24.7 Å². The molecular weight excluding hydrogens is 449 g/mol. The van der Waals surface area contributed by atoms with Gasteiger partial charge in [-0.1, -0.05) is 0 Å². The SMILES string of the molecule is C[Si](C)(C)O[Si](C)(C)O[Si](C)(C)O[Si](C)(C)O[Si](C)(C)O[Si](C)(C)O[SiH3]. The van der Waals surface area contributed by atoms with Gasteiger partial charge in [-0.15, -0.1) is 0 Å². The van der Waals surface area contributed by atoms with Crippen LogP contribution in [0.15, 0.2) is 0 Å². The maximum absolute atomic E-state index is 6.50. The molecule has 0 saturated heterocycles. The topological polar surface area (TPSA) is 55.4 Å². The molecule has 0 aliphatic carbocycles. The van der Waals surface area contributed by atoms with Crippen molar-refractivity contribution in [1.82, 2.24) is 0 Å². The maximum atomic E-state index is 6.50. The number of rotatable bonds is 11. The Morgan fingerprint density at radius 1 is 0.385 bits per heavy atom. The summed E-state index contributed by atoms with van der Waals surface area (Å²) in [7, 11) is -12.5. The lowest BCUT2D eigenvalue weighted by atomic mass is 11.8. The van der Waals surface area contributed by atoms with Crippen molar-refractivity contribution < 1.29 is 24.7 Å². The molecule has 0 N–H and O–H groups in total. The third-order valence-corrected chi connectivity index (χ3v) is 27.1. The van der Waals surface area contributed by atoms with Crippen LogP contribution in [0.3, 0.4) is 0 Å². The van der Waals surface area contributed by atoms with Crippen LogP contribution in [0.4, 0.5) is 0 Å². The van der Waals surface area contributed by atoms with Gasteiger partial charge in [0.25, 0.3) is 0 Å². The summed E-state index contributed by atoms with van der Waals surface area (Å²) in [5, 5.41) is 0. The molecule has 26 heavy (non-hydrogen) atoms. The molecular formula is C13H42O6Si7. The van der Waals surface area contributed by atoms with Gasteiger partial charge >= 0.3 is 42.8 Å². The molecule has 0 heterocycles. The average molecular weight is 491 g/mol. The summed E-state index contributed by atoms with van der Waals surface area (Å²) in [5.41, 5.74) is 0. The molecule has 0 aromatic heterocycles. The summed E-state index contributed by atoms with van der Waals surface area (Å²) in [6, 6.07) is 0. The van der Waals surface area contributed by atoms with E-state index in [1.807, 2.05) is 0 Å². The molecule has 13 heteroatoms. The van der Waals surface area contributed by atoms with Crippen LogP contribution < -0.4 is 0 Å². The molecule has 0 spiro atoms. The lowest BCUT2D eigenvalue weighted by Crippen LogP contribution is -2.60. The first-order valence-corrected chi connectivity index (χ1v) is 27.5. The van der Waals surface area contributed by atoms with Gasteiger partial charge in [0.15, 0.2) is 8.32 Å². The Balaban J connectivity index is 5.05. The van der Waals surface area contributed by atoms with Crippen LogP contribution in [0.1, 0.15) is 0 Å². The molecule has 0 radical (unpaired) electrons. The van der Waals surface area contributed by atoms with Gasteiger partial charge in [0, 0.05) is 0 Å². The second-order valence-corrected chi connectivity index (χ2v) is 33.8. The molecule has 0 aromatic carbocycles. The minimum Gasteiger partial charge on any atom is -0.445 e. The van der Waals surface area contributed by atoms with Crippen molar-refractivity contribution in [3.05, 3.63) is 0 Å². The van der Waals surface area contributed by atoms with E-state index in [-0.39, 0.29) is 0 Å². The van der Waals surface area contributed by atoms with Crippen molar-refractivity contribution in [2.75, 3.05) is 0 Å². The van der Waals surface area contributed by atoms with Crippen molar-refractivity contribution in [1.29, 1.82) is 0 Å². The second kappa shape index (κ2) is 8.96. The molecule has 0 rings (SSSR count). The van der Waals surface area contributed by atoms with Gasteiger partial charge in [0.2, 0.25) is 0 Å². The maximum Gasteiger partial charge on any atom is 0.314 e. The van der Waals surface area contributed by atoms with E-state index in [1.54, 1.807) is 0 Å². The van der Waals surface area contributed by atoms with Crippen molar-refractivity contribution in [3.8, 4) is 0 Å². The first kappa shape index (κ1) is 27.3. The van der Waals surface area contributed by atoms with Crippen LogP contribution in [0, 0.1) is 0 Å². The lowest BCUT2D eigenvalue weighted by Gasteiger charge is -2.42. The fourth-order valence-corrected chi connectivity index (χ4v) is 31.3. The van der Waals surface area contributed by atoms with Gasteiger partial charge in [0.1, 0.15) is 10.5 Å². The zero-order valence-corrected chi connectivity index (χ0v) is 27.4. The smallest absolute Gasteiger partial charge is 0.314 e. The largest absolute Gasteiger partial charge is 0.445 e. The summed E-state index contributed by atoms with van der Waals surface area (Å²) in [4.78, 5) is 0. The van der Waals surface area contributed by atoms with Gasteiger partial charge in [-0.3, -0.25) is 0 Å². The number of hydrogen-bond acceptors (Lipinski definition) is 6. The van der Waals surface area contributed by atoms with E-state index >= 15 is 0 Å². The van der Waals surface area contributed by atoms with Crippen LogP contribution in [0.2, 0.25) is 85.1 Å². The van der Waals surface area contributed by atoms with Crippen LogP contribution >= 0.6 is 0 Å². The zero-order valence-electron chi connectivity index (χ0n) is 19.4. The Labute approximate surface area is 171 Å². The van der Waals surface area contributed by atoms with Gasteiger partial charge in [0.05, 0.1) is 0 Å². The zero-order chi connectivity index (χ0) is 21.2. The molecule has 0 fully saturated rings. The summed E-state index contributed by atoms with van der Waals surface area (Å²) in [6.07, 6.45) is 0. The van der Waals surface area contributed by atoms with Crippen LogP contribution in [0.25, 0.3) is 0 Å². The molecule has 158 valence electrons. The fourth-order valence-electron chi connectivity index (χ4n) is 3.23. The summed E-state index contributed by atoms with van der Waals surface area (Å²) in [5.74, 6) is 0.